The van der Waals surface area contributed by atoms with Gasteiger partial charge in [0.25, 0.3) is 0 Å². The molecule has 2 N–H and O–H groups in total. The second-order valence-electron chi connectivity index (χ2n) is 7.28. The van der Waals surface area contributed by atoms with Gasteiger partial charge in [-0.15, -0.1) is 0 Å². The second kappa shape index (κ2) is 34.5. The zero-order valence-corrected chi connectivity index (χ0v) is 21.9. The van der Waals surface area contributed by atoms with Gasteiger partial charge in [0.05, 0.1) is 132 Å². The molecule has 0 aliphatic rings. The van der Waals surface area contributed by atoms with Crippen molar-refractivity contribution in [2.75, 3.05) is 145 Å². The average molecular weight is 531 g/mol. The van der Waals surface area contributed by atoms with E-state index in [0.717, 1.165) is 12.8 Å². The molecule has 0 atom stereocenters. The van der Waals surface area contributed by atoms with E-state index in [1.54, 1.807) is 0 Å². The van der Waals surface area contributed by atoms with Gasteiger partial charge in [-0.25, -0.2) is 0 Å². The van der Waals surface area contributed by atoms with Crippen LogP contribution in [-0.2, 0) is 47.4 Å². The fourth-order valence-corrected chi connectivity index (χ4v) is 2.46. The molecule has 0 saturated carbocycles. The minimum absolute atomic E-state index is 0.0269. The van der Waals surface area contributed by atoms with Crippen LogP contribution in [-0.4, -0.2) is 156 Å². The molecule has 0 aliphatic carbocycles. The molecular weight excluding hydrogens is 480 g/mol. The molecule has 0 aromatic carbocycles. The first-order valence-corrected chi connectivity index (χ1v) is 12.9. The van der Waals surface area contributed by atoms with Crippen molar-refractivity contribution in [1.82, 2.24) is 0 Å². The van der Waals surface area contributed by atoms with Gasteiger partial charge < -0.3 is 57.6 Å². The van der Waals surface area contributed by atoms with E-state index in [4.69, 9.17) is 57.6 Å². The molecule has 0 unspecified atom stereocenters. The SMILES string of the molecule is OCCCCOCCOCCOCCOCCOCCOCCOCCOCCOCCOCCO. The third kappa shape index (κ3) is 33.5. The third-order valence-corrected chi connectivity index (χ3v) is 4.28. The van der Waals surface area contributed by atoms with Crippen molar-refractivity contribution in [3.63, 3.8) is 0 Å². The summed E-state index contributed by atoms with van der Waals surface area (Å²) in [6, 6.07) is 0. The zero-order chi connectivity index (χ0) is 26.0. The van der Waals surface area contributed by atoms with Gasteiger partial charge in [-0.2, -0.15) is 0 Å². The summed E-state index contributed by atoms with van der Waals surface area (Å²) in [6.45, 7) is 10.5. The molecule has 0 heterocycles. The standard InChI is InChI=1S/C24H50O12/c25-3-1-2-5-27-7-9-29-11-13-31-15-17-33-19-21-35-23-24-36-22-20-34-18-16-32-14-12-30-10-8-28-6-4-26/h25-26H,1-24H2. The minimum Gasteiger partial charge on any atom is -0.396 e. The molecule has 0 spiro atoms. The van der Waals surface area contributed by atoms with Crippen molar-refractivity contribution in [3.8, 4) is 0 Å². The van der Waals surface area contributed by atoms with Crippen molar-refractivity contribution in [3.05, 3.63) is 0 Å². The van der Waals surface area contributed by atoms with E-state index in [-0.39, 0.29) is 13.2 Å². The lowest BCUT2D eigenvalue weighted by Crippen LogP contribution is -2.15. The van der Waals surface area contributed by atoms with Crippen molar-refractivity contribution in [2.45, 2.75) is 12.8 Å². The van der Waals surface area contributed by atoms with E-state index in [1.165, 1.54) is 0 Å². The van der Waals surface area contributed by atoms with Crippen molar-refractivity contribution in [1.29, 1.82) is 0 Å². The van der Waals surface area contributed by atoms with Crippen LogP contribution in [0.1, 0.15) is 12.8 Å². The first-order valence-electron chi connectivity index (χ1n) is 12.9. The Labute approximate surface area is 216 Å². The quantitative estimate of drug-likeness (QED) is 0.110. The Bertz CT molecular complexity index is 345. The molecule has 0 fully saturated rings. The molecule has 36 heavy (non-hydrogen) atoms. The predicted molar refractivity (Wildman–Crippen MR) is 132 cm³/mol. The molecule has 0 radical (unpaired) electrons. The fourth-order valence-electron chi connectivity index (χ4n) is 2.46. The van der Waals surface area contributed by atoms with Crippen molar-refractivity contribution >= 4 is 0 Å². The van der Waals surface area contributed by atoms with Crippen LogP contribution < -0.4 is 0 Å². The largest absolute Gasteiger partial charge is 0.396 e. The van der Waals surface area contributed by atoms with Crippen LogP contribution >= 0.6 is 0 Å². The van der Waals surface area contributed by atoms with Gasteiger partial charge in [0, 0.05) is 13.2 Å². The predicted octanol–water partition coefficient (Wildman–Crippen LogP) is -0.0828. The number of aliphatic hydroxyl groups is 2. The first kappa shape index (κ1) is 35.5. The first-order chi connectivity index (χ1) is 17.9. The number of hydrogen-bond donors (Lipinski definition) is 2. The Kier molecular flexibility index (Phi) is 34.1. The van der Waals surface area contributed by atoms with E-state index in [0.29, 0.717) is 132 Å². The Hall–Kier alpha value is -0.480. The van der Waals surface area contributed by atoms with Crippen molar-refractivity contribution < 1.29 is 57.6 Å². The third-order valence-electron chi connectivity index (χ3n) is 4.28. The Morgan fingerprint density at radius 2 is 0.444 bits per heavy atom. The summed E-state index contributed by atoms with van der Waals surface area (Å²) in [7, 11) is 0. The molecule has 0 saturated heterocycles. The second-order valence-corrected chi connectivity index (χ2v) is 7.28. The average Bonchev–Trinajstić information content (AvgIpc) is 2.89. The van der Waals surface area contributed by atoms with Gasteiger partial charge in [0.15, 0.2) is 0 Å². The fraction of sp³-hybridized carbons (Fsp3) is 1.00. The molecule has 0 rings (SSSR count). The summed E-state index contributed by atoms with van der Waals surface area (Å²) < 4.78 is 53.7. The number of hydrogen-bond acceptors (Lipinski definition) is 12. The number of unbranched alkanes of at least 4 members (excludes halogenated alkanes) is 1. The van der Waals surface area contributed by atoms with Crippen LogP contribution in [0.4, 0.5) is 0 Å². The highest BCUT2D eigenvalue weighted by Gasteiger charge is 1.96. The van der Waals surface area contributed by atoms with Gasteiger partial charge in [-0.05, 0) is 12.8 Å². The molecule has 12 nitrogen and oxygen atoms in total. The van der Waals surface area contributed by atoms with Gasteiger partial charge in [-0.3, -0.25) is 0 Å². The zero-order valence-electron chi connectivity index (χ0n) is 21.9. The molecule has 0 amide bonds. The van der Waals surface area contributed by atoms with E-state index < -0.39 is 0 Å². The number of aliphatic hydroxyl groups excluding tert-OH is 2. The minimum atomic E-state index is 0.0269. The molecule has 0 aromatic rings. The summed E-state index contributed by atoms with van der Waals surface area (Å²) in [5, 5.41) is 17.2. The maximum Gasteiger partial charge on any atom is 0.0701 e. The van der Waals surface area contributed by atoms with Crippen LogP contribution in [0.5, 0.6) is 0 Å². The monoisotopic (exact) mass is 530 g/mol. The summed E-state index contributed by atoms with van der Waals surface area (Å²) in [5.41, 5.74) is 0. The topological polar surface area (TPSA) is 133 Å². The highest BCUT2D eigenvalue weighted by atomic mass is 16.6. The maximum atomic E-state index is 8.65. The van der Waals surface area contributed by atoms with E-state index in [1.807, 2.05) is 0 Å². The van der Waals surface area contributed by atoms with Crippen LogP contribution in [0, 0.1) is 0 Å². The molecule has 0 aromatic heterocycles. The molecule has 0 bridgehead atoms. The Morgan fingerprint density at radius 1 is 0.222 bits per heavy atom. The van der Waals surface area contributed by atoms with Gasteiger partial charge in [0.2, 0.25) is 0 Å². The molecule has 0 aliphatic heterocycles. The smallest absolute Gasteiger partial charge is 0.0701 e. The Morgan fingerprint density at radius 3 is 0.667 bits per heavy atom. The van der Waals surface area contributed by atoms with Crippen LogP contribution in [0.2, 0.25) is 0 Å². The summed E-state index contributed by atoms with van der Waals surface area (Å²) in [6.07, 6.45) is 1.64. The van der Waals surface area contributed by atoms with E-state index in [2.05, 4.69) is 0 Å². The summed E-state index contributed by atoms with van der Waals surface area (Å²) >= 11 is 0. The number of rotatable bonds is 33. The highest BCUT2D eigenvalue weighted by molar-refractivity contribution is 4.39. The maximum absolute atomic E-state index is 8.65. The highest BCUT2D eigenvalue weighted by Crippen LogP contribution is 1.89. The molecule has 12 heteroatoms. The van der Waals surface area contributed by atoms with Crippen LogP contribution in [0.15, 0.2) is 0 Å². The van der Waals surface area contributed by atoms with E-state index in [9.17, 15) is 0 Å². The van der Waals surface area contributed by atoms with E-state index >= 15 is 0 Å². The lowest BCUT2D eigenvalue weighted by molar-refractivity contribution is -0.0268. The lowest BCUT2D eigenvalue weighted by Gasteiger charge is -2.09. The number of ether oxygens (including phenoxy) is 10. The van der Waals surface area contributed by atoms with Gasteiger partial charge >= 0.3 is 0 Å². The van der Waals surface area contributed by atoms with Gasteiger partial charge in [-0.1, -0.05) is 0 Å². The van der Waals surface area contributed by atoms with Gasteiger partial charge in [0.1, 0.15) is 0 Å². The normalized spacial score (nSPS) is 11.5. The Balaban J connectivity index is 3.00. The van der Waals surface area contributed by atoms with Crippen LogP contribution in [0.25, 0.3) is 0 Å². The molecular formula is C24H50O12. The van der Waals surface area contributed by atoms with Crippen LogP contribution in [0.3, 0.4) is 0 Å². The summed E-state index contributed by atoms with van der Waals surface area (Å²) in [4.78, 5) is 0. The van der Waals surface area contributed by atoms with Crippen molar-refractivity contribution in [2.24, 2.45) is 0 Å². The lowest BCUT2D eigenvalue weighted by atomic mass is 10.3. The molecule has 218 valence electrons. The summed E-state index contributed by atoms with van der Waals surface area (Å²) in [5.74, 6) is 0.